The Balaban J connectivity index is -0.00000000450. The standard InChI is InChI=1S/C4H10.5Ar/c1-3-4-2;;;;;/h3-4H2,1-2H3;;;;;. The summed E-state index contributed by atoms with van der Waals surface area (Å²) in [5.74, 6) is 0. The molecule has 0 radical (unpaired) electrons. The average Bonchev–Trinajstić information content (AvgIpc) is 1.37. The second kappa shape index (κ2) is 36.7. The molecule has 0 rings (SSSR count). The van der Waals surface area contributed by atoms with Gasteiger partial charge in [0.2, 0.25) is 0 Å². The van der Waals surface area contributed by atoms with Crippen molar-refractivity contribution < 1.29 is 189 Å². The summed E-state index contributed by atoms with van der Waals surface area (Å²) in [6.45, 7) is 4.36. The predicted molar refractivity (Wildman–Crippen MR) is 20.6 cm³/mol. The summed E-state index contributed by atoms with van der Waals surface area (Å²) < 4.78 is 0. The van der Waals surface area contributed by atoms with Gasteiger partial charge in [-0.25, -0.2) is 0 Å². The molecule has 0 saturated carbocycles. The number of hydrogen-bond donors (Lipinski definition) is 0. The first-order valence-electron chi connectivity index (χ1n) is 1.91. The first-order valence-corrected chi connectivity index (χ1v) is 1.91. The van der Waals surface area contributed by atoms with E-state index in [0.29, 0.717) is 0 Å². The minimum atomic E-state index is 0. The van der Waals surface area contributed by atoms with Gasteiger partial charge < -0.3 is 0 Å². The molecular formula is C4H10Ar5. The van der Waals surface area contributed by atoms with Gasteiger partial charge in [-0.15, -0.1) is 0 Å². The third-order valence-corrected chi connectivity index (χ3v) is 0.500. The molecule has 0 atom stereocenters. The molecule has 0 N–H and O–H groups in total. The molecule has 0 aliphatic carbocycles. The van der Waals surface area contributed by atoms with Crippen LogP contribution < -0.4 is 0 Å². The van der Waals surface area contributed by atoms with Gasteiger partial charge in [0.25, 0.3) is 0 Å². The van der Waals surface area contributed by atoms with Crippen LogP contribution in [-0.4, -0.2) is 0 Å². The number of rotatable bonds is 1. The Morgan fingerprint density at radius 3 is 0.667 bits per heavy atom. The average molecular weight is 258 g/mol. The molecule has 0 aromatic carbocycles. The van der Waals surface area contributed by atoms with E-state index in [1.807, 2.05) is 0 Å². The summed E-state index contributed by atoms with van der Waals surface area (Å²) in [5.41, 5.74) is 0. The van der Waals surface area contributed by atoms with Gasteiger partial charge in [-0.1, -0.05) is 26.7 Å². The van der Waals surface area contributed by atoms with E-state index in [9.17, 15) is 0 Å². The van der Waals surface area contributed by atoms with E-state index in [1.165, 1.54) is 12.8 Å². The molecule has 66 valence electrons. The Morgan fingerprint density at radius 2 is 0.667 bits per heavy atom. The molecule has 0 aromatic rings. The molecule has 0 aromatic heterocycles. The molecule has 0 spiro atoms. The maximum atomic E-state index is 2.18. The van der Waals surface area contributed by atoms with Crippen molar-refractivity contribution in [3.63, 3.8) is 0 Å². The molecular weight excluding hydrogens is 248 g/mol. The first kappa shape index (κ1) is 36.2. The van der Waals surface area contributed by atoms with Crippen LogP contribution in [0, 0.1) is 189 Å². The minimum absolute atomic E-state index is 0. The van der Waals surface area contributed by atoms with Gasteiger partial charge in [0.1, 0.15) is 0 Å². The van der Waals surface area contributed by atoms with Gasteiger partial charge in [-0.3, -0.25) is 0 Å². The summed E-state index contributed by atoms with van der Waals surface area (Å²) in [6, 6.07) is 0. The Bertz CT molecular complexity index is 10.9. The molecule has 0 aliphatic heterocycles. The summed E-state index contributed by atoms with van der Waals surface area (Å²) in [5, 5.41) is 0. The summed E-state index contributed by atoms with van der Waals surface area (Å²) in [7, 11) is 0. The van der Waals surface area contributed by atoms with Crippen LogP contribution in [0.2, 0.25) is 0 Å². The quantitative estimate of drug-likeness (QED) is 0.672. The van der Waals surface area contributed by atoms with E-state index in [-0.39, 0.29) is 189 Å². The molecule has 0 amide bonds. The van der Waals surface area contributed by atoms with Crippen molar-refractivity contribution in [2.24, 2.45) is 0 Å². The largest absolute Gasteiger partial charge is 0.0654 e. The zero-order valence-electron chi connectivity index (χ0n) is 5.18. The van der Waals surface area contributed by atoms with E-state index in [0.717, 1.165) is 0 Å². The first-order chi connectivity index (χ1) is 1.91. The van der Waals surface area contributed by atoms with Crippen molar-refractivity contribution in [1.29, 1.82) is 0 Å². The van der Waals surface area contributed by atoms with E-state index < -0.39 is 0 Å². The molecule has 0 nitrogen and oxygen atoms in total. The Hall–Kier alpha value is 6.30. The second-order valence-electron chi connectivity index (χ2n) is 1.000. The molecule has 0 heterocycles. The monoisotopic (exact) mass is 258 g/mol. The number of hydrogen-bond acceptors (Lipinski definition) is 0. The SMILES string of the molecule is CCCC.[Ar].[Ar].[Ar].[Ar].[Ar]. The minimum Gasteiger partial charge on any atom is -0.0654 e. The smallest absolute Gasteiger partial charge is 0 e. The topological polar surface area (TPSA) is 0 Å². The fraction of sp³-hybridized carbons (Fsp3) is 1.00. The second-order valence-corrected chi connectivity index (χ2v) is 1.000. The van der Waals surface area contributed by atoms with Gasteiger partial charge in [0, 0.05) is 189 Å². The van der Waals surface area contributed by atoms with Crippen LogP contribution in [0.25, 0.3) is 0 Å². The molecule has 5 heteroatoms. The Morgan fingerprint density at radius 1 is 0.556 bits per heavy atom. The van der Waals surface area contributed by atoms with Crippen LogP contribution in [0.5, 0.6) is 0 Å². The Kier molecular flexibility index (Phi) is 148. The van der Waals surface area contributed by atoms with Crippen molar-refractivity contribution >= 4 is 0 Å². The maximum absolute atomic E-state index is 2.18. The number of unbranched alkanes of at least 4 members (excludes halogenated alkanes) is 1. The fourth-order valence-electron chi connectivity index (χ4n) is 0. The molecule has 9 heavy (non-hydrogen) atoms. The summed E-state index contributed by atoms with van der Waals surface area (Å²) in [6.07, 6.45) is 2.64. The van der Waals surface area contributed by atoms with Crippen LogP contribution in [0.3, 0.4) is 0 Å². The fourth-order valence-corrected chi connectivity index (χ4v) is 0. The van der Waals surface area contributed by atoms with E-state index >= 15 is 0 Å². The van der Waals surface area contributed by atoms with Crippen molar-refractivity contribution in [3.05, 3.63) is 0 Å². The summed E-state index contributed by atoms with van der Waals surface area (Å²) in [4.78, 5) is 0. The van der Waals surface area contributed by atoms with Crippen molar-refractivity contribution in [3.8, 4) is 0 Å². The Labute approximate surface area is 208 Å². The normalized spacial score (nSPS) is 3.33. The third kappa shape index (κ3) is 40.6. The van der Waals surface area contributed by atoms with Crippen molar-refractivity contribution in [1.82, 2.24) is 0 Å². The molecule has 0 saturated heterocycles. The molecule has 0 aliphatic rings. The molecule has 0 bridgehead atoms. The van der Waals surface area contributed by atoms with Crippen LogP contribution in [0.1, 0.15) is 26.7 Å². The van der Waals surface area contributed by atoms with Gasteiger partial charge in [-0.2, -0.15) is 0 Å². The van der Waals surface area contributed by atoms with E-state index in [4.69, 9.17) is 0 Å². The van der Waals surface area contributed by atoms with Gasteiger partial charge in [0.05, 0.1) is 0 Å². The summed E-state index contributed by atoms with van der Waals surface area (Å²) >= 11 is 0. The van der Waals surface area contributed by atoms with Crippen LogP contribution in [0.15, 0.2) is 0 Å². The van der Waals surface area contributed by atoms with Crippen molar-refractivity contribution in [2.45, 2.75) is 26.7 Å². The maximum Gasteiger partial charge on any atom is 0 e. The zero-order valence-corrected chi connectivity index (χ0v) is 8.72. The third-order valence-electron chi connectivity index (χ3n) is 0.500. The zero-order chi connectivity index (χ0) is 3.41. The van der Waals surface area contributed by atoms with Crippen molar-refractivity contribution in [2.75, 3.05) is 0 Å². The van der Waals surface area contributed by atoms with Gasteiger partial charge >= 0.3 is 0 Å². The van der Waals surface area contributed by atoms with Crippen LogP contribution in [0.4, 0.5) is 0 Å². The predicted octanol–water partition coefficient (Wildman–Crippen LogP) is 1.81. The van der Waals surface area contributed by atoms with Gasteiger partial charge in [0.15, 0.2) is 0 Å². The van der Waals surface area contributed by atoms with E-state index in [1.54, 1.807) is 0 Å². The van der Waals surface area contributed by atoms with Gasteiger partial charge in [-0.05, 0) is 0 Å². The molecule has 0 unspecified atom stereocenters. The van der Waals surface area contributed by atoms with Crippen LogP contribution in [-0.2, 0) is 0 Å². The van der Waals surface area contributed by atoms with Crippen LogP contribution >= 0.6 is 0 Å². The van der Waals surface area contributed by atoms with E-state index in [2.05, 4.69) is 13.8 Å². The molecule has 0 fully saturated rings.